The average molecular weight is 412 g/mol. The van der Waals surface area contributed by atoms with Crippen LogP contribution in [0, 0.1) is 0 Å². The highest BCUT2D eigenvalue weighted by Crippen LogP contribution is 2.20. The van der Waals surface area contributed by atoms with Gasteiger partial charge in [0.15, 0.2) is 0 Å². The first-order chi connectivity index (χ1) is 12.8. The summed E-state index contributed by atoms with van der Waals surface area (Å²) >= 11 is 1.61. The van der Waals surface area contributed by atoms with E-state index in [4.69, 9.17) is 4.74 Å². The van der Waals surface area contributed by atoms with Crippen molar-refractivity contribution in [2.75, 3.05) is 40.9 Å². The molecule has 0 aliphatic heterocycles. The molecule has 1 amide bonds. The molecule has 0 saturated heterocycles. The molecule has 0 fully saturated rings. The predicted octanol–water partition coefficient (Wildman–Crippen LogP) is 1.71. The number of carbonyl (C=O) groups is 1. The monoisotopic (exact) mass is 411 g/mol. The highest BCUT2D eigenvalue weighted by atomic mass is 32.2. The van der Waals surface area contributed by atoms with Gasteiger partial charge in [0, 0.05) is 25.8 Å². The van der Waals surface area contributed by atoms with Gasteiger partial charge in [-0.05, 0) is 54.7 Å². The van der Waals surface area contributed by atoms with Crippen LogP contribution in [-0.2, 0) is 14.8 Å². The summed E-state index contributed by atoms with van der Waals surface area (Å²) in [7, 11) is 1.71. The van der Waals surface area contributed by atoms with Crippen LogP contribution in [0.3, 0.4) is 0 Å². The maximum Gasteiger partial charge on any atom is 0.251 e. The van der Waals surface area contributed by atoms with Crippen molar-refractivity contribution in [3.63, 3.8) is 0 Å². The van der Waals surface area contributed by atoms with Crippen molar-refractivity contribution < 1.29 is 17.9 Å². The summed E-state index contributed by atoms with van der Waals surface area (Å²) in [6.07, 6.45) is 0. The van der Waals surface area contributed by atoms with Crippen LogP contribution in [0.1, 0.15) is 22.0 Å². The Kier molecular flexibility index (Phi) is 7.93. The number of sulfonamides is 1. The number of rotatable bonds is 10. The van der Waals surface area contributed by atoms with E-state index in [2.05, 4.69) is 15.4 Å². The number of benzene rings is 1. The molecule has 0 radical (unpaired) electrons. The molecule has 7 nitrogen and oxygen atoms in total. The topological polar surface area (TPSA) is 87.7 Å². The molecule has 148 valence electrons. The second-order valence-corrected chi connectivity index (χ2v) is 8.71. The molecule has 1 aromatic heterocycles. The summed E-state index contributed by atoms with van der Waals surface area (Å²) in [5, 5.41) is 6.94. The van der Waals surface area contributed by atoms with Crippen molar-refractivity contribution >= 4 is 27.3 Å². The van der Waals surface area contributed by atoms with Crippen LogP contribution in [0.15, 0.2) is 46.0 Å². The zero-order chi connectivity index (χ0) is 19.9. The van der Waals surface area contributed by atoms with Crippen LogP contribution in [0.25, 0.3) is 0 Å². The van der Waals surface area contributed by atoms with Gasteiger partial charge in [0.25, 0.3) is 5.91 Å². The van der Waals surface area contributed by atoms with E-state index in [0.717, 1.165) is 5.56 Å². The Hall–Kier alpha value is -1.78. The second kappa shape index (κ2) is 9.95. The molecule has 1 aromatic carbocycles. The maximum atomic E-state index is 12.5. The first-order valence-corrected chi connectivity index (χ1v) is 10.8. The van der Waals surface area contributed by atoms with Crippen molar-refractivity contribution in [3.8, 4) is 0 Å². The number of carbonyl (C=O) groups excluding carboxylic acids is 1. The summed E-state index contributed by atoms with van der Waals surface area (Å²) in [4.78, 5) is 14.6. The highest BCUT2D eigenvalue weighted by Gasteiger charge is 2.18. The Morgan fingerprint density at radius 1 is 1.30 bits per heavy atom. The van der Waals surface area contributed by atoms with Gasteiger partial charge < -0.3 is 15.0 Å². The number of hydrogen-bond donors (Lipinski definition) is 2. The lowest BCUT2D eigenvalue weighted by atomic mass is 10.1. The first-order valence-electron chi connectivity index (χ1n) is 8.40. The molecule has 1 atom stereocenters. The zero-order valence-corrected chi connectivity index (χ0v) is 17.3. The van der Waals surface area contributed by atoms with Crippen LogP contribution >= 0.6 is 11.3 Å². The third-order valence-electron chi connectivity index (χ3n) is 4.01. The van der Waals surface area contributed by atoms with Crippen LogP contribution in [0.2, 0.25) is 0 Å². The summed E-state index contributed by atoms with van der Waals surface area (Å²) in [6.45, 7) is 0.861. The molecular weight excluding hydrogens is 386 g/mol. The third kappa shape index (κ3) is 6.12. The van der Waals surface area contributed by atoms with E-state index in [1.165, 1.54) is 19.2 Å². The zero-order valence-electron chi connectivity index (χ0n) is 15.6. The van der Waals surface area contributed by atoms with Gasteiger partial charge in [-0.15, -0.1) is 0 Å². The summed E-state index contributed by atoms with van der Waals surface area (Å²) in [6, 6.07) is 8.06. The summed E-state index contributed by atoms with van der Waals surface area (Å²) in [5.74, 6) is -0.314. The SMILES string of the molecule is COCCNS(=O)(=O)c1cccc(C(=O)NCC(c2ccsc2)N(C)C)c1. The molecule has 1 unspecified atom stereocenters. The smallest absolute Gasteiger partial charge is 0.251 e. The van der Waals surface area contributed by atoms with Gasteiger partial charge in [0.05, 0.1) is 17.5 Å². The number of nitrogens with zero attached hydrogens (tertiary/aromatic N) is 1. The number of thiophene rings is 1. The Balaban J connectivity index is 2.06. The van der Waals surface area contributed by atoms with Gasteiger partial charge in [-0.25, -0.2) is 13.1 Å². The Morgan fingerprint density at radius 2 is 2.07 bits per heavy atom. The van der Waals surface area contributed by atoms with E-state index in [0.29, 0.717) is 12.1 Å². The predicted molar refractivity (Wildman–Crippen MR) is 107 cm³/mol. The molecule has 0 saturated carbocycles. The number of amides is 1. The molecule has 2 rings (SSSR count). The van der Waals surface area contributed by atoms with E-state index >= 15 is 0 Å². The first kappa shape index (κ1) is 21.5. The van der Waals surface area contributed by atoms with Crippen molar-refractivity contribution in [1.82, 2.24) is 14.9 Å². The molecule has 0 aliphatic rings. The standard InChI is InChI=1S/C18H25N3O4S2/c1-21(2)17(15-7-10-26-13-15)12-19-18(22)14-5-4-6-16(11-14)27(23,24)20-8-9-25-3/h4-7,10-11,13,17,20H,8-9,12H2,1-3H3,(H,19,22). The number of likely N-dealkylation sites (N-methyl/N-ethyl adjacent to an activating group) is 1. The van der Waals surface area contributed by atoms with Crippen molar-refractivity contribution in [3.05, 3.63) is 52.2 Å². The number of nitrogens with one attached hydrogen (secondary N) is 2. The molecule has 0 bridgehead atoms. The normalized spacial score (nSPS) is 12.9. The fraction of sp³-hybridized carbons (Fsp3) is 0.389. The lowest BCUT2D eigenvalue weighted by Gasteiger charge is -2.24. The van der Waals surface area contributed by atoms with E-state index in [1.54, 1.807) is 23.5 Å². The third-order valence-corrected chi connectivity index (χ3v) is 6.17. The molecule has 2 aromatic rings. The summed E-state index contributed by atoms with van der Waals surface area (Å²) < 4.78 is 31.9. The minimum absolute atomic E-state index is 0.0443. The fourth-order valence-corrected chi connectivity index (χ4v) is 4.29. The number of ether oxygens (including phenoxy) is 1. The van der Waals surface area contributed by atoms with Gasteiger partial charge in [-0.3, -0.25) is 4.79 Å². The molecule has 0 spiro atoms. The van der Waals surface area contributed by atoms with E-state index in [9.17, 15) is 13.2 Å². The van der Waals surface area contributed by atoms with E-state index < -0.39 is 10.0 Å². The van der Waals surface area contributed by atoms with Crippen LogP contribution in [0.4, 0.5) is 0 Å². The summed E-state index contributed by atoms with van der Waals surface area (Å²) in [5.41, 5.74) is 1.43. The lowest BCUT2D eigenvalue weighted by Crippen LogP contribution is -2.34. The van der Waals surface area contributed by atoms with Crippen LogP contribution in [-0.4, -0.2) is 60.1 Å². The Morgan fingerprint density at radius 3 is 2.70 bits per heavy atom. The van der Waals surface area contributed by atoms with Gasteiger partial charge in [-0.2, -0.15) is 11.3 Å². The highest BCUT2D eigenvalue weighted by molar-refractivity contribution is 7.89. The fourth-order valence-electron chi connectivity index (χ4n) is 2.52. The van der Waals surface area contributed by atoms with Crippen molar-refractivity contribution in [1.29, 1.82) is 0 Å². The number of methoxy groups -OCH3 is 1. The Labute approximate surface area is 164 Å². The van der Waals surface area contributed by atoms with Crippen LogP contribution < -0.4 is 10.0 Å². The molecule has 27 heavy (non-hydrogen) atoms. The molecule has 9 heteroatoms. The maximum absolute atomic E-state index is 12.5. The molecular formula is C18H25N3O4S2. The minimum atomic E-state index is -3.69. The van der Waals surface area contributed by atoms with E-state index in [1.807, 2.05) is 30.4 Å². The second-order valence-electron chi connectivity index (χ2n) is 6.16. The molecule has 0 aliphatic carbocycles. The lowest BCUT2D eigenvalue weighted by molar-refractivity contribution is 0.0941. The van der Waals surface area contributed by atoms with E-state index in [-0.39, 0.29) is 30.0 Å². The van der Waals surface area contributed by atoms with Crippen molar-refractivity contribution in [2.45, 2.75) is 10.9 Å². The molecule has 1 heterocycles. The molecule has 2 N–H and O–H groups in total. The minimum Gasteiger partial charge on any atom is -0.383 e. The van der Waals surface area contributed by atoms with Gasteiger partial charge in [0.1, 0.15) is 0 Å². The quantitative estimate of drug-likeness (QED) is 0.581. The van der Waals surface area contributed by atoms with Gasteiger partial charge in [0.2, 0.25) is 10.0 Å². The van der Waals surface area contributed by atoms with Crippen molar-refractivity contribution in [2.24, 2.45) is 0 Å². The van der Waals surface area contributed by atoms with Gasteiger partial charge >= 0.3 is 0 Å². The van der Waals surface area contributed by atoms with Crippen LogP contribution in [0.5, 0.6) is 0 Å². The largest absolute Gasteiger partial charge is 0.383 e. The Bertz CT molecular complexity index is 836. The number of hydrogen-bond acceptors (Lipinski definition) is 6. The average Bonchev–Trinajstić information content (AvgIpc) is 3.16. The van der Waals surface area contributed by atoms with Gasteiger partial charge in [-0.1, -0.05) is 6.07 Å².